The number of carboxylic acids is 1. The van der Waals surface area contributed by atoms with E-state index in [9.17, 15) is 14.4 Å². The van der Waals surface area contributed by atoms with Gasteiger partial charge < -0.3 is 16.2 Å². The Morgan fingerprint density at radius 3 is 2.72 bits per heavy atom. The molecule has 1 aromatic heterocycles. The number of nitrogens with two attached hydrogens (primary N) is 1. The van der Waals surface area contributed by atoms with Crippen molar-refractivity contribution in [3.8, 4) is 0 Å². The third kappa shape index (κ3) is 4.64. The van der Waals surface area contributed by atoms with Gasteiger partial charge in [-0.1, -0.05) is 0 Å². The summed E-state index contributed by atoms with van der Waals surface area (Å²) in [6, 6.07) is 0.492. The monoisotopic (exact) mass is 254 g/mol. The first-order valence-corrected chi connectivity index (χ1v) is 5.27. The second kappa shape index (κ2) is 6.38. The van der Waals surface area contributed by atoms with Gasteiger partial charge >= 0.3 is 5.97 Å². The highest BCUT2D eigenvalue weighted by Crippen LogP contribution is 1.99. The van der Waals surface area contributed by atoms with Crippen LogP contribution in [0, 0.1) is 0 Å². The molecule has 0 bridgehead atoms. The van der Waals surface area contributed by atoms with Gasteiger partial charge in [-0.3, -0.25) is 14.7 Å². The predicted octanol–water partition coefficient (Wildman–Crippen LogP) is -1.21. The molecule has 8 heteroatoms. The van der Waals surface area contributed by atoms with Crippen molar-refractivity contribution in [3.63, 3.8) is 0 Å². The summed E-state index contributed by atoms with van der Waals surface area (Å²) in [5, 5.41) is 17.4. The summed E-state index contributed by atoms with van der Waals surface area (Å²) in [6.45, 7) is 0. The Balaban J connectivity index is 2.47. The number of nitrogens with zero attached hydrogens (tertiary/aromatic N) is 1. The van der Waals surface area contributed by atoms with Crippen molar-refractivity contribution in [1.82, 2.24) is 15.5 Å². The molecule has 1 aromatic rings. The molecule has 0 fully saturated rings. The molecule has 0 saturated carbocycles. The normalized spacial score (nSPS) is 11.8. The second-order valence-electron chi connectivity index (χ2n) is 3.72. The fourth-order valence-electron chi connectivity index (χ4n) is 1.35. The molecule has 8 nitrogen and oxygen atoms in total. The average Bonchev–Trinajstić information content (AvgIpc) is 2.76. The van der Waals surface area contributed by atoms with Crippen LogP contribution >= 0.6 is 0 Å². The van der Waals surface area contributed by atoms with Crippen LogP contribution in [0.2, 0.25) is 0 Å². The van der Waals surface area contributed by atoms with E-state index in [4.69, 9.17) is 10.8 Å². The zero-order valence-electron chi connectivity index (χ0n) is 9.55. The standard InChI is InChI=1S/C10H14N4O4/c11-8(15)2-1-7(10(17)18)13-9(16)5-6-3-4-12-14-6/h3-4,7H,1-2,5H2,(H2,11,15)(H,12,14)(H,13,16)(H,17,18). The van der Waals surface area contributed by atoms with Crippen molar-refractivity contribution in [2.45, 2.75) is 25.3 Å². The van der Waals surface area contributed by atoms with Gasteiger partial charge in [0.2, 0.25) is 11.8 Å². The van der Waals surface area contributed by atoms with Crippen LogP contribution in [0.15, 0.2) is 12.3 Å². The highest BCUT2D eigenvalue weighted by Gasteiger charge is 2.20. The predicted molar refractivity (Wildman–Crippen MR) is 60.3 cm³/mol. The van der Waals surface area contributed by atoms with Gasteiger partial charge in [0.15, 0.2) is 0 Å². The fourth-order valence-corrected chi connectivity index (χ4v) is 1.35. The van der Waals surface area contributed by atoms with Crippen molar-refractivity contribution < 1.29 is 19.5 Å². The maximum atomic E-state index is 11.5. The quantitative estimate of drug-likeness (QED) is 0.483. The molecule has 0 saturated heterocycles. The number of aliphatic carboxylic acids is 1. The van der Waals surface area contributed by atoms with Crippen LogP contribution in [0.25, 0.3) is 0 Å². The smallest absolute Gasteiger partial charge is 0.326 e. The number of rotatable bonds is 7. The third-order valence-corrected chi connectivity index (χ3v) is 2.22. The molecule has 1 heterocycles. The number of primary amides is 1. The largest absolute Gasteiger partial charge is 0.480 e. The molecule has 1 unspecified atom stereocenters. The van der Waals surface area contributed by atoms with Crippen LogP contribution in [-0.4, -0.2) is 39.1 Å². The van der Waals surface area contributed by atoms with Crippen molar-refractivity contribution >= 4 is 17.8 Å². The van der Waals surface area contributed by atoms with Gasteiger partial charge in [0.05, 0.1) is 6.42 Å². The van der Waals surface area contributed by atoms with E-state index in [0.717, 1.165) is 0 Å². The number of amides is 2. The first-order valence-electron chi connectivity index (χ1n) is 5.27. The fraction of sp³-hybridized carbons (Fsp3) is 0.400. The van der Waals surface area contributed by atoms with Gasteiger partial charge in [0.1, 0.15) is 6.04 Å². The summed E-state index contributed by atoms with van der Waals surface area (Å²) < 4.78 is 0. The maximum absolute atomic E-state index is 11.5. The van der Waals surface area contributed by atoms with E-state index in [1.54, 1.807) is 6.07 Å². The zero-order valence-corrected chi connectivity index (χ0v) is 9.55. The molecule has 0 aliphatic rings. The van der Waals surface area contributed by atoms with Crippen LogP contribution in [-0.2, 0) is 20.8 Å². The molecule has 0 spiro atoms. The van der Waals surface area contributed by atoms with E-state index < -0.39 is 23.8 Å². The lowest BCUT2D eigenvalue weighted by Crippen LogP contribution is -2.42. The van der Waals surface area contributed by atoms with E-state index in [2.05, 4.69) is 15.5 Å². The number of hydrogen-bond donors (Lipinski definition) is 4. The lowest BCUT2D eigenvalue weighted by Gasteiger charge is -2.13. The number of carbonyl (C=O) groups excluding carboxylic acids is 2. The number of hydrogen-bond acceptors (Lipinski definition) is 4. The summed E-state index contributed by atoms with van der Waals surface area (Å²) in [7, 11) is 0. The molecule has 1 rings (SSSR count). The summed E-state index contributed by atoms with van der Waals surface area (Å²) in [4.78, 5) is 33.0. The third-order valence-electron chi connectivity index (χ3n) is 2.22. The molecule has 98 valence electrons. The highest BCUT2D eigenvalue weighted by atomic mass is 16.4. The molecule has 0 aliphatic carbocycles. The van der Waals surface area contributed by atoms with Crippen LogP contribution in [0.5, 0.6) is 0 Å². The molecule has 0 radical (unpaired) electrons. The Kier molecular flexibility index (Phi) is 4.85. The molecular weight excluding hydrogens is 240 g/mol. The summed E-state index contributed by atoms with van der Waals surface area (Å²) >= 11 is 0. The first-order chi connectivity index (χ1) is 8.49. The summed E-state index contributed by atoms with van der Waals surface area (Å²) in [6.07, 6.45) is 1.37. The Hall–Kier alpha value is -2.38. The minimum atomic E-state index is -1.20. The SMILES string of the molecule is NC(=O)CCC(NC(=O)Cc1ccn[nH]1)C(=O)O. The minimum Gasteiger partial charge on any atom is -0.480 e. The van der Waals surface area contributed by atoms with Crippen LogP contribution in [0.3, 0.4) is 0 Å². The number of H-pyrrole nitrogens is 1. The zero-order chi connectivity index (χ0) is 13.5. The maximum Gasteiger partial charge on any atom is 0.326 e. The van der Waals surface area contributed by atoms with Crippen LogP contribution in [0.1, 0.15) is 18.5 Å². The molecule has 0 aliphatic heterocycles. The lowest BCUT2D eigenvalue weighted by molar-refractivity contribution is -0.142. The molecule has 2 amide bonds. The number of carbonyl (C=O) groups is 3. The van der Waals surface area contributed by atoms with E-state index in [1.165, 1.54) is 6.20 Å². The first kappa shape index (κ1) is 13.7. The summed E-state index contributed by atoms with van der Waals surface area (Å²) in [5.41, 5.74) is 5.50. The Labute approximate surface area is 103 Å². The van der Waals surface area contributed by atoms with Crippen molar-refractivity contribution in [2.24, 2.45) is 5.73 Å². The average molecular weight is 254 g/mol. The topological polar surface area (TPSA) is 138 Å². The van der Waals surface area contributed by atoms with E-state index in [0.29, 0.717) is 5.69 Å². The molecule has 5 N–H and O–H groups in total. The Morgan fingerprint density at radius 2 is 2.22 bits per heavy atom. The van der Waals surface area contributed by atoms with Crippen molar-refractivity contribution in [3.05, 3.63) is 18.0 Å². The van der Waals surface area contributed by atoms with E-state index in [-0.39, 0.29) is 19.3 Å². The van der Waals surface area contributed by atoms with E-state index in [1.807, 2.05) is 0 Å². The van der Waals surface area contributed by atoms with Gasteiger partial charge in [0.25, 0.3) is 0 Å². The summed E-state index contributed by atoms with van der Waals surface area (Å²) in [5.74, 6) is -2.27. The van der Waals surface area contributed by atoms with Crippen molar-refractivity contribution in [2.75, 3.05) is 0 Å². The van der Waals surface area contributed by atoms with Crippen LogP contribution < -0.4 is 11.1 Å². The Bertz CT molecular complexity index is 429. The Morgan fingerprint density at radius 1 is 1.50 bits per heavy atom. The molecular formula is C10H14N4O4. The number of nitrogens with one attached hydrogen (secondary N) is 2. The second-order valence-corrected chi connectivity index (χ2v) is 3.72. The van der Waals surface area contributed by atoms with E-state index >= 15 is 0 Å². The van der Waals surface area contributed by atoms with Gasteiger partial charge in [-0.2, -0.15) is 5.10 Å². The van der Waals surface area contributed by atoms with Crippen LogP contribution in [0.4, 0.5) is 0 Å². The van der Waals surface area contributed by atoms with Gasteiger partial charge in [-0.25, -0.2) is 4.79 Å². The van der Waals surface area contributed by atoms with Gasteiger partial charge in [-0.15, -0.1) is 0 Å². The molecule has 1 atom stereocenters. The van der Waals surface area contributed by atoms with Gasteiger partial charge in [-0.05, 0) is 12.5 Å². The lowest BCUT2D eigenvalue weighted by atomic mass is 10.1. The number of aromatic nitrogens is 2. The molecule has 0 aromatic carbocycles. The molecule has 18 heavy (non-hydrogen) atoms. The minimum absolute atomic E-state index is 0.000349. The number of carboxylic acid groups (broad SMARTS) is 1. The highest BCUT2D eigenvalue weighted by molar-refractivity contribution is 5.85. The van der Waals surface area contributed by atoms with Gasteiger partial charge in [0, 0.05) is 18.3 Å². The number of aromatic amines is 1. The van der Waals surface area contributed by atoms with Crippen molar-refractivity contribution in [1.29, 1.82) is 0 Å².